The zero-order valence-electron chi connectivity index (χ0n) is 8.60. The minimum absolute atomic E-state index is 0.719. The second-order valence-corrected chi connectivity index (χ2v) is 3.34. The zero-order valence-corrected chi connectivity index (χ0v) is 8.60. The Hall–Kier alpha value is -0.0800. The fourth-order valence-electron chi connectivity index (χ4n) is 1.31. The van der Waals surface area contributed by atoms with Crippen LogP contribution in [0.3, 0.4) is 0 Å². The number of rotatable bonds is 8. The van der Waals surface area contributed by atoms with Crippen LogP contribution in [0.15, 0.2) is 0 Å². The van der Waals surface area contributed by atoms with Gasteiger partial charge in [-0.05, 0) is 32.4 Å². The van der Waals surface area contributed by atoms with Gasteiger partial charge >= 0.3 is 0 Å². The molecule has 0 saturated heterocycles. The van der Waals surface area contributed by atoms with E-state index in [9.17, 15) is 0 Å². The number of hydrogen-bond acceptors (Lipinski definition) is 2. The van der Waals surface area contributed by atoms with Gasteiger partial charge in [-0.2, -0.15) is 0 Å². The van der Waals surface area contributed by atoms with E-state index in [1.807, 2.05) is 0 Å². The van der Waals surface area contributed by atoms with Crippen LogP contribution in [0.5, 0.6) is 0 Å². The Labute approximate surface area is 76.9 Å². The van der Waals surface area contributed by atoms with E-state index >= 15 is 0 Å². The third kappa shape index (κ3) is 6.62. The third-order valence-electron chi connectivity index (χ3n) is 2.21. The van der Waals surface area contributed by atoms with Crippen LogP contribution in [-0.4, -0.2) is 19.1 Å². The molecule has 0 radical (unpaired) electrons. The Bertz CT molecular complexity index is 83.9. The van der Waals surface area contributed by atoms with E-state index < -0.39 is 0 Å². The lowest BCUT2D eigenvalue weighted by molar-refractivity contribution is 0.450. The molecule has 0 rings (SSSR count). The molecule has 0 spiro atoms. The normalized spacial score (nSPS) is 13.2. The Morgan fingerprint density at radius 1 is 1.25 bits per heavy atom. The van der Waals surface area contributed by atoms with Gasteiger partial charge in [-0.25, -0.2) is 0 Å². The maximum Gasteiger partial charge on any atom is 0.00644 e. The fraction of sp³-hybridized carbons (Fsp3) is 1.00. The highest BCUT2D eigenvalue weighted by Crippen LogP contribution is 2.03. The molecule has 0 amide bonds. The average molecular weight is 172 g/mol. The van der Waals surface area contributed by atoms with Gasteiger partial charge < -0.3 is 11.1 Å². The van der Waals surface area contributed by atoms with E-state index in [0.29, 0.717) is 0 Å². The van der Waals surface area contributed by atoms with Crippen molar-refractivity contribution in [3.05, 3.63) is 0 Å². The van der Waals surface area contributed by atoms with Crippen molar-refractivity contribution in [2.24, 2.45) is 5.73 Å². The summed E-state index contributed by atoms with van der Waals surface area (Å²) in [6.45, 7) is 6.37. The smallest absolute Gasteiger partial charge is 0.00644 e. The van der Waals surface area contributed by atoms with Crippen LogP contribution in [0.1, 0.15) is 46.0 Å². The molecule has 0 saturated carbocycles. The number of unbranched alkanes of at least 4 members (excludes halogenated alkanes) is 1. The second kappa shape index (κ2) is 9.01. The standard InChI is InChI=1S/C10H24N2/c1-3-5-7-10(4-2)12-9-6-8-11/h10,12H,3-9,11H2,1-2H3. The first-order valence-corrected chi connectivity index (χ1v) is 5.28. The maximum atomic E-state index is 5.42. The first-order chi connectivity index (χ1) is 5.85. The van der Waals surface area contributed by atoms with Crippen molar-refractivity contribution in [2.45, 2.75) is 52.0 Å². The first kappa shape index (κ1) is 11.9. The molecule has 3 N–H and O–H groups in total. The van der Waals surface area contributed by atoms with Crippen LogP contribution in [0, 0.1) is 0 Å². The predicted molar refractivity (Wildman–Crippen MR) is 55.3 cm³/mol. The van der Waals surface area contributed by atoms with Crippen LogP contribution in [0.25, 0.3) is 0 Å². The molecule has 0 aromatic carbocycles. The van der Waals surface area contributed by atoms with E-state index in [1.165, 1.54) is 25.7 Å². The fourth-order valence-corrected chi connectivity index (χ4v) is 1.31. The molecule has 12 heavy (non-hydrogen) atoms. The quantitative estimate of drug-likeness (QED) is 0.549. The highest BCUT2D eigenvalue weighted by molar-refractivity contribution is 4.64. The van der Waals surface area contributed by atoms with Crippen molar-refractivity contribution < 1.29 is 0 Å². The van der Waals surface area contributed by atoms with Gasteiger partial charge in [0.15, 0.2) is 0 Å². The molecule has 0 bridgehead atoms. The van der Waals surface area contributed by atoms with Crippen LogP contribution in [0.2, 0.25) is 0 Å². The summed E-state index contributed by atoms with van der Waals surface area (Å²) in [5.74, 6) is 0. The molecule has 1 atom stereocenters. The number of hydrogen-bond donors (Lipinski definition) is 2. The average Bonchev–Trinajstić information content (AvgIpc) is 2.11. The van der Waals surface area contributed by atoms with Crippen molar-refractivity contribution in [1.82, 2.24) is 5.32 Å². The van der Waals surface area contributed by atoms with Crippen molar-refractivity contribution in [3.63, 3.8) is 0 Å². The van der Waals surface area contributed by atoms with Gasteiger partial charge in [0.25, 0.3) is 0 Å². The SMILES string of the molecule is CCCCC(CC)NCCCN. The zero-order chi connectivity index (χ0) is 9.23. The molecule has 0 aliphatic rings. The van der Waals surface area contributed by atoms with Crippen LogP contribution in [0.4, 0.5) is 0 Å². The van der Waals surface area contributed by atoms with Crippen LogP contribution < -0.4 is 11.1 Å². The summed E-state index contributed by atoms with van der Waals surface area (Å²) in [7, 11) is 0. The molecule has 74 valence electrons. The summed E-state index contributed by atoms with van der Waals surface area (Å²) in [5.41, 5.74) is 5.42. The van der Waals surface area contributed by atoms with Gasteiger partial charge in [-0.3, -0.25) is 0 Å². The van der Waals surface area contributed by atoms with E-state index in [-0.39, 0.29) is 0 Å². The van der Waals surface area contributed by atoms with Crippen molar-refractivity contribution >= 4 is 0 Å². The lowest BCUT2D eigenvalue weighted by atomic mass is 10.1. The van der Waals surface area contributed by atoms with E-state index in [4.69, 9.17) is 5.73 Å². The van der Waals surface area contributed by atoms with E-state index in [1.54, 1.807) is 0 Å². The molecule has 0 aliphatic carbocycles. The van der Waals surface area contributed by atoms with Gasteiger partial charge in [-0.15, -0.1) is 0 Å². The van der Waals surface area contributed by atoms with E-state index in [0.717, 1.165) is 25.6 Å². The predicted octanol–water partition coefficient (Wildman–Crippen LogP) is 1.89. The Morgan fingerprint density at radius 3 is 2.50 bits per heavy atom. The summed E-state index contributed by atoms with van der Waals surface area (Å²) in [5, 5.41) is 3.53. The lowest BCUT2D eigenvalue weighted by Crippen LogP contribution is -2.30. The summed E-state index contributed by atoms with van der Waals surface area (Å²) >= 11 is 0. The molecular formula is C10H24N2. The molecule has 2 nitrogen and oxygen atoms in total. The Morgan fingerprint density at radius 2 is 2.00 bits per heavy atom. The van der Waals surface area contributed by atoms with Gasteiger partial charge in [0.1, 0.15) is 0 Å². The van der Waals surface area contributed by atoms with Crippen molar-refractivity contribution in [2.75, 3.05) is 13.1 Å². The monoisotopic (exact) mass is 172 g/mol. The highest BCUT2D eigenvalue weighted by atomic mass is 14.9. The molecular weight excluding hydrogens is 148 g/mol. The van der Waals surface area contributed by atoms with Gasteiger partial charge in [0.05, 0.1) is 0 Å². The molecule has 0 fully saturated rings. The second-order valence-electron chi connectivity index (χ2n) is 3.34. The Kier molecular flexibility index (Phi) is 8.95. The topological polar surface area (TPSA) is 38.0 Å². The van der Waals surface area contributed by atoms with Crippen LogP contribution in [-0.2, 0) is 0 Å². The van der Waals surface area contributed by atoms with Crippen molar-refractivity contribution in [1.29, 1.82) is 0 Å². The molecule has 0 aromatic heterocycles. The summed E-state index contributed by atoms with van der Waals surface area (Å²) in [6.07, 6.45) is 6.30. The third-order valence-corrected chi connectivity index (χ3v) is 2.21. The van der Waals surface area contributed by atoms with Gasteiger partial charge in [-0.1, -0.05) is 26.7 Å². The van der Waals surface area contributed by atoms with Crippen molar-refractivity contribution in [3.8, 4) is 0 Å². The molecule has 0 aromatic rings. The maximum absolute atomic E-state index is 5.42. The van der Waals surface area contributed by atoms with Crippen LogP contribution >= 0.6 is 0 Å². The highest BCUT2D eigenvalue weighted by Gasteiger charge is 2.02. The summed E-state index contributed by atoms with van der Waals surface area (Å²) < 4.78 is 0. The van der Waals surface area contributed by atoms with E-state index in [2.05, 4.69) is 19.2 Å². The summed E-state index contributed by atoms with van der Waals surface area (Å²) in [4.78, 5) is 0. The molecule has 1 unspecified atom stereocenters. The minimum atomic E-state index is 0.719. The minimum Gasteiger partial charge on any atom is -0.330 e. The first-order valence-electron chi connectivity index (χ1n) is 5.28. The molecule has 2 heteroatoms. The number of nitrogens with one attached hydrogen (secondary N) is 1. The van der Waals surface area contributed by atoms with Gasteiger partial charge in [0, 0.05) is 6.04 Å². The molecule has 0 aliphatic heterocycles. The number of nitrogens with two attached hydrogens (primary N) is 1. The Balaban J connectivity index is 3.26. The molecule has 0 heterocycles. The largest absolute Gasteiger partial charge is 0.330 e. The lowest BCUT2D eigenvalue weighted by Gasteiger charge is -2.15. The summed E-state index contributed by atoms with van der Waals surface area (Å²) in [6, 6.07) is 0.719. The van der Waals surface area contributed by atoms with Gasteiger partial charge in [0.2, 0.25) is 0 Å².